The number of carbonyl (C=O) groups excluding carboxylic acids is 1. The molecular formula is C23H25F5N2O5. The number of alkyl halides is 3. The van der Waals surface area contributed by atoms with Crippen LogP contribution in [-0.2, 0) is 9.53 Å². The maximum Gasteiger partial charge on any atom is 0.417 e. The second-order valence-electron chi connectivity index (χ2n) is 8.33. The Balaban J connectivity index is 2.06. The van der Waals surface area contributed by atoms with E-state index in [4.69, 9.17) is 14.6 Å². The van der Waals surface area contributed by atoms with Crippen molar-refractivity contribution in [1.29, 1.82) is 0 Å². The molecule has 1 saturated heterocycles. The van der Waals surface area contributed by atoms with Crippen LogP contribution in [0.5, 0.6) is 5.75 Å². The molecule has 3 N–H and O–H groups in total. The predicted molar refractivity (Wildman–Crippen MR) is 114 cm³/mol. The standard InChI is InChI=1S/C23H25F5N2O5/c1-4-34-19-13(5-6-14(24)18(19)25)17-11(2)22(3,23(26,27)28)35-20(17)21(33)30-12-7-8-29-15(9-12)16(32)10-31/h5-9,11,16-17,20,31-32H,4,10H2,1-3H3,(H,29,30,33)/t11-,16+,17-,20+,22+/m0/s1. The topological polar surface area (TPSA) is 101 Å². The number of pyridine rings is 1. The summed E-state index contributed by atoms with van der Waals surface area (Å²) in [6.07, 6.45) is -6.77. The molecule has 192 valence electrons. The number of anilines is 1. The van der Waals surface area contributed by atoms with E-state index in [9.17, 15) is 31.9 Å². The Labute approximate surface area is 197 Å². The van der Waals surface area contributed by atoms with Crippen LogP contribution in [0.3, 0.4) is 0 Å². The van der Waals surface area contributed by atoms with Gasteiger partial charge in [0.25, 0.3) is 5.91 Å². The zero-order chi connectivity index (χ0) is 26.1. The molecule has 0 aliphatic carbocycles. The van der Waals surface area contributed by atoms with Crippen molar-refractivity contribution < 1.29 is 46.4 Å². The molecule has 7 nitrogen and oxygen atoms in total. The van der Waals surface area contributed by atoms with E-state index in [1.807, 2.05) is 0 Å². The lowest BCUT2D eigenvalue weighted by Gasteiger charge is -2.32. The van der Waals surface area contributed by atoms with Gasteiger partial charge in [-0.2, -0.15) is 17.6 Å². The van der Waals surface area contributed by atoms with Crippen LogP contribution in [-0.4, -0.2) is 52.2 Å². The minimum atomic E-state index is -4.89. The summed E-state index contributed by atoms with van der Waals surface area (Å²) < 4.78 is 81.1. The van der Waals surface area contributed by atoms with Gasteiger partial charge in [-0.05, 0) is 32.0 Å². The van der Waals surface area contributed by atoms with Crippen molar-refractivity contribution in [3.05, 3.63) is 53.4 Å². The Morgan fingerprint density at radius 2 is 2.00 bits per heavy atom. The first-order valence-corrected chi connectivity index (χ1v) is 10.8. The summed E-state index contributed by atoms with van der Waals surface area (Å²) >= 11 is 0. The second-order valence-corrected chi connectivity index (χ2v) is 8.33. The van der Waals surface area contributed by atoms with Gasteiger partial charge < -0.3 is 25.0 Å². The molecule has 0 radical (unpaired) electrons. The number of aliphatic hydroxyl groups excluding tert-OH is 2. The molecule has 35 heavy (non-hydrogen) atoms. The van der Waals surface area contributed by atoms with Crippen LogP contribution in [0, 0.1) is 17.6 Å². The Hall–Kier alpha value is -2.83. The van der Waals surface area contributed by atoms with Crippen molar-refractivity contribution in [1.82, 2.24) is 4.98 Å². The summed E-state index contributed by atoms with van der Waals surface area (Å²) in [6.45, 7) is 2.76. The molecule has 0 bridgehead atoms. The highest BCUT2D eigenvalue weighted by molar-refractivity contribution is 5.95. The van der Waals surface area contributed by atoms with Gasteiger partial charge in [-0.1, -0.05) is 13.0 Å². The maximum absolute atomic E-state index is 14.6. The molecular weight excluding hydrogens is 479 g/mol. The summed E-state index contributed by atoms with van der Waals surface area (Å²) in [5.74, 6) is -6.97. The van der Waals surface area contributed by atoms with Crippen LogP contribution in [0.4, 0.5) is 27.6 Å². The fourth-order valence-electron chi connectivity index (χ4n) is 4.14. The van der Waals surface area contributed by atoms with Gasteiger partial charge in [0.2, 0.25) is 5.82 Å². The van der Waals surface area contributed by atoms with Crippen molar-refractivity contribution in [3.63, 3.8) is 0 Å². The van der Waals surface area contributed by atoms with Gasteiger partial charge >= 0.3 is 6.18 Å². The number of rotatable bonds is 7. The largest absolute Gasteiger partial charge is 0.490 e. The maximum atomic E-state index is 14.6. The molecule has 1 fully saturated rings. The smallest absolute Gasteiger partial charge is 0.417 e. The Morgan fingerprint density at radius 1 is 1.31 bits per heavy atom. The van der Waals surface area contributed by atoms with E-state index in [1.54, 1.807) is 0 Å². The number of nitrogens with one attached hydrogen (secondary N) is 1. The average molecular weight is 504 g/mol. The van der Waals surface area contributed by atoms with Crippen LogP contribution >= 0.6 is 0 Å². The number of ether oxygens (including phenoxy) is 2. The van der Waals surface area contributed by atoms with Gasteiger partial charge in [0.15, 0.2) is 17.2 Å². The van der Waals surface area contributed by atoms with Gasteiger partial charge in [0.1, 0.15) is 12.2 Å². The highest BCUT2D eigenvalue weighted by Gasteiger charge is 2.65. The van der Waals surface area contributed by atoms with Crippen LogP contribution in [0.15, 0.2) is 30.5 Å². The van der Waals surface area contributed by atoms with Gasteiger partial charge in [0.05, 0.1) is 18.9 Å². The lowest BCUT2D eigenvalue weighted by atomic mass is 9.77. The molecule has 1 aliphatic rings. The van der Waals surface area contributed by atoms with Crippen molar-refractivity contribution in [2.75, 3.05) is 18.5 Å². The van der Waals surface area contributed by atoms with Gasteiger partial charge in [-0.25, -0.2) is 4.39 Å². The SMILES string of the molecule is CCOc1c([C@H]2[C@H](C(=O)Nc3ccnc([C@H](O)CO)c3)O[C@@](C)(C(F)(F)F)[C@H]2C)ccc(F)c1F. The highest BCUT2D eigenvalue weighted by Crippen LogP contribution is 2.55. The summed E-state index contributed by atoms with van der Waals surface area (Å²) in [5.41, 5.74) is -2.84. The number of aliphatic hydroxyl groups is 2. The summed E-state index contributed by atoms with van der Waals surface area (Å²) in [5, 5.41) is 21.3. The Morgan fingerprint density at radius 3 is 2.60 bits per heavy atom. The van der Waals surface area contributed by atoms with Crippen molar-refractivity contribution >= 4 is 11.6 Å². The molecule has 3 rings (SSSR count). The van der Waals surface area contributed by atoms with Crippen LogP contribution in [0.2, 0.25) is 0 Å². The molecule has 1 amide bonds. The van der Waals surface area contributed by atoms with E-state index < -0.39 is 65.7 Å². The number of hydrogen-bond donors (Lipinski definition) is 3. The van der Waals surface area contributed by atoms with Gasteiger partial charge in [-0.3, -0.25) is 9.78 Å². The number of carbonyl (C=O) groups is 1. The molecule has 0 saturated carbocycles. The third-order valence-corrected chi connectivity index (χ3v) is 6.22. The van der Waals surface area contributed by atoms with Gasteiger partial charge in [-0.15, -0.1) is 0 Å². The fourth-order valence-corrected chi connectivity index (χ4v) is 4.14. The normalized spacial score (nSPS) is 25.4. The molecule has 1 aliphatic heterocycles. The first-order valence-electron chi connectivity index (χ1n) is 10.8. The number of halogens is 5. The predicted octanol–water partition coefficient (Wildman–Crippen LogP) is 3.86. The molecule has 0 spiro atoms. The van der Waals surface area contributed by atoms with Crippen molar-refractivity contribution in [2.45, 2.75) is 50.7 Å². The molecule has 1 aromatic carbocycles. The molecule has 1 aromatic heterocycles. The second kappa shape index (κ2) is 10.0. The zero-order valence-corrected chi connectivity index (χ0v) is 19.1. The first-order chi connectivity index (χ1) is 16.4. The Kier molecular flexibility index (Phi) is 7.68. The number of aromatic nitrogens is 1. The number of hydrogen-bond acceptors (Lipinski definition) is 6. The van der Waals surface area contributed by atoms with E-state index in [0.29, 0.717) is 0 Å². The molecule has 2 aromatic rings. The number of nitrogens with zero attached hydrogens (tertiary/aromatic N) is 1. The highest BCUT2D eigenvalue weighted by atomic mass is 19.4. The molecule has 5 atom stereocenters. The minimum absolute atomic E-state index is 0.0157. The minimum Gasteiger partial charge on any atom is -0.490 e. The van der Waals surface area contributed by atoms with E-state index in [-0.39, 0.29) is 23.6 Å². The van der Waals surface area contributed by atoms with Crippen molar-refractivity contribution in [2.24, 2.45) is 5.92 Å². The van der Waals surface area contributed by atoms with Crippen LogP contribution < -0.4 is 10.1 Å². The van der Waals surface area contributed by atoms with E-state index in [0.717, 1.165) is 19.1 Å². The lowest BCUT2D eigenvalue weighted by molar-refractivity contribution is -0.272. The monoisotopic (exact) mass is 504 g/mol. The van der Waals surface area contributed by atoms with E-state index in [2.05, 4.69) is 10.3 Å². The van der Waals surface area contributed by atoms with Gasteiger partial charge in [0, 0.05) is 29.3 Å². The van der Waals surface area contributed by atoms with E-state index in [1.165, 1.54) is 32.2 Å². The fraction of sp³-hybridized carbons (Fsp3) is 0.478. The third-order valence-electron chi connectivity index (χ3n) is 6.22. The summed E-state index contributed by atoms with van der Waals surface area (Å²) in [6, 6.07) is 4.39. The van der Waals surface area contributed by atoms with Crippen LogP contribution in [0.25, 0.3) is 0 Å². The van der Waals surface area contributed by atoms with Crippen molar-refractivity contribution in [3.8, 4) is 5.75 Å². The molecule has 12 heteroatoms. The number of benzene rings is 1. The quantitative estimate of drug-likeness (QED) is 0.495. The molecule has 0 unspecified atom stereocenters. The lowest BCUT2D eigenvalue weighted by Crippen LogP contribution is -2.47. The third kappa shape index (κ3) is 4.95. The zero-order valence-electron chi connectivity index (χ0n) is 19.1. The Bertz CT molecular complexity index is 1080. The summed E-state index contributed by atoms with van der Waals surface area (Å²) in [4.78, 5) is 17.0. The first kappa shape index (κ1) is 26.8. The summed E-state index contributed by atoms with van der Waals surface area (Å²) in [7, 11) is 0. The average Bonchev–Trinajstić information content (AvgIpc) is 3.09. The van der Waals surface area contributed by atoms with Crippen LogP contribution in [0.1, 0.15) is 44.1 Å². The number of amides is 1. The molecule has 2 heterocycles. The van der Waals surface area contributed by atoms with E-state index >= 15 is 0 Å².